The van der Waals surface area contributed by atoms with Crippen molar-refractivity contribution in [2.75, 3.05) is 0 Å². The molecule has 2 N–H and O–H groups in total. The molecule has 0 saturated carbocycles. The lowest BCUT2D eigenvalue weighted by Gasteiger charge is -2.02. The Morgan fingerprint density at radius 2 is 2.00 bits per heavy atom. The molecule has 0 aliphatic heterocycles. The first-order valence-corrected chi connectivity index (χ1v) is 6.21. The molecule has 1 aromatic carbocycles. The van der Waals surface area contributed by atoms with Gasteiger partial charge in [0.1, 0.15) is 17.9 Å². The molecular weight excluding hydrogens is 254 g/mol. The van der Waals surface area contributed by atoms with Crippen LogP contribution in [-0.2, 0) is 17.8 Å². The highest BCUT2D eigenvalue weighted by Gasteiger charge is 2.08. The van der Waals surface area contributed by atoms with Gasteiger partial charge < -0.3 is 10.3 Å². The molecule has 0 unspecified atom stereocenters. The molecule has 0 saturated heterocycles. The van der Waals surface area contributed by atoms with Crippen LogP contribution in [-0.4, -0.2) is 25.4 Å². The topological polar surface area (TPSA) is 86.7 Å². The van der Waals surface area contributed by atoms with E-state index in [0.717, 1.165) is 5.56 Å². The lowest BCUT2D eigenvalue weighted by Crippen LogP contribution is -2.18. The zero-order chi connectivity index (χ0) is 13.9. The Hall–Kier alpha value is -2.76. The molecule has 20 heavy (non-hydrogen) atoms. The fourth-order valence-corrected chi connectivity index (χ4v) is 2.04. The van der Waals surface area contributed by atoms with Crippen molar-refractivity contribution in [2.24, 2.45) is 5.73 Å². The third-order valence-corrected chi connectivity index (χ3v) is 2.94. The average molecular weight is 267 g/mol. The minimum Gasteiger partial charge on any atom is -0.368 e. The fourth-order valence-electron chi connectivity index (χ4n) is 2.04. The van der Waals surface area contributed by atoms with Gasteiger partial charge in [-0.3, -0.25) is 4.79 Å². The molecule has 0 aliphatic carbocycles. The summed E-state index contributed by atoms with van der Waals surface area (Å²) in [5.74, 6) is 0.266. The Morgan fingerprint density at radius 3 is 2.75 bits per heavy atom. The van der Waals surface area contributed by atoms with E-state index >= 15 is 0 Å². The number of hydrogen-bond acceptors (Lipinski definition) is 4. The van der Waals surface area contributed by atoms with Gasteiger partial charge in [-0.1, -0.05) is 30.3 Å². The van der Waals surface area contributed by atoms with Crippen molar-refractivity contribution in [3.05, 3.63) is 54.2 Å². The summed E-state index contributed by atoms with van der Waals surface area (Å²) in [4.78, 5) is 23.9. The van der Waals surface area contributed by atoms with Gasteiger partial charge in [0.15, 0.2) is 5.65 Å². The molecule has 6 heteroatoms. The Bertz CT molecular complexity index is 751. The van der Waals surface area contributed by atoms with Crippen LogP contribution in [0.1, 0.15) is 11.4 Å². The number of primary amides is 1. The second-order valence-electron chi connectivity index (χ2n) is 4.50. The van der Waals surface area contributed by atoms with Gasteiger partial charge in [0.2, 0.25) is 5.91 Å². The number of nitrogens with two attached hydrogens (primary N) is 1. The van der Waals surface area contributed by atoms with Gasteiger partial charge in [0.25, 0.3) is 0 Å². The minimum atomic E-state index is -0.424. The first kappa shape index (κ1) is 12.3. The molecule has 0 aliphatic rings. The number of hydrogen-bond donors (Lipinski definition) is 1. The number of carbonyl (C=O) groups is 1. The van der Waals surface area contributed by atoms with Gasteiger partial charge >= 0.3 is 0 Å². The highest BCUT2D eigenvalue weighted by Crippen LogP contribution is 2.11. The summed E-state index contributed by atoms with van der Waals surface area (Å²) in [5.41, 5.74) is 7.62. The summed E-state index contributed by atoms with van der Waals surface area (Å²) in [6, 6.07) is 9.97. The maximum atomic E-state index is 11.0. The highest BCUT2D eigenvalue weighted by molar-refractivity contribution is 5.77. The molecule has 0 fully saturated rings. The second kappa shape index (κ2) is 5.08. The number of fused-ring (bicyclic) bond motifs is 1. The van der Waals surface area contributed by atoms with Crippen LogP contribution in [0.3, 0.4) is 0 Å². The number of rotatable bonds is 4. The Balaban J connectivity index is 1.95. The molecule has 3 rings (SSSR count). The van der Waals surface area contributed by atoms with Gasteiger partial charge in [-0.05, 0) is 5.56 Å². The van der Waals surface area contributed by atoms with Crippen LogP contribution < -0.4 is 5.73 Å². The van der Waals surface area contributed by atoms with Crippen molar-refractivity contribution < 1.29 is 4.79 Å². The maximum absolute atomic E-state index is 11.0. The number of aromatic nitrogens is 4. The first-order chi connectivity index (χ1) is 9.72. The summed E-state index contributed by atoms with van der Waals surface area (Å²) in [5, 5.41) is 0. The van der Waals surface area contributed by atoms with E-state index in [9.17, 15) is 4.79 Å². The summed E-state index contributed by atoms with van der Waals surface area (Å²) < 4.78 is 1.63. The summed E-state index contributed by atoms with van der Waals surface area (Å²) in [6.07, 6.45) is 3.85. The number of carbonyl (C=O) groups excluding carboxylic acids is 1. The van der Waals surface area contributed by atoms with Crippen LogP contribution in [0.5, 0.6) is 0 Å². The third kappa shape index (κ3) is 2.49. The van der Waals surface area contributed by atoms with E-state index in [4.69, 9.17) is 5.73 Å². The van der Waals surface area contributed by atoms with E-state index in [1.165, 1.54) is 0 Å². The predicted octanol–water partition coefficient (Wildman–Crippen LogP) is 0.902. The lowest BCUT2D eigenvalue weighted by atomic mass is 10.1. The van der Waals surface area contributed by atoms with E-state index in [0.29, 0.717) is 23.4 Å². The molecule has 0 radical (unpaired) electrons. The van der Waals surface area contributed by atoms with Gasteiger partial charge in [-0.25, -0.2) is 15.0 Å². The summed E-state index contributed by atoms with van der Waals surface area (Å²) >= 11 is 0. The largest absolute Gasteiger partial charge is 0.368 e. The van der Waals surface area contributed by atoms with Crippen LogP contribution in [0.4, 0.5) is 0 Å². The van der Waals surface area contributed by atoms with Crippen LogP contribution in [0.25, 0.3) is 11.2 Å². The lowest BCUT2D eigenvalue weighted by molar-refractivity contribution is -0.118. The van der Waals surface area contributed by atoms with Crippen LogP contribution >= 0.6 is 0 Å². The number of benzene rings is 1. The molecule has 6 nitrogen and oxygen atoms in total. The van der Waals surface area contributed by atoms with Crippen molar-refractivity contribution in [3.63, 3.8) is 0 Å². The molecule has 3 aromatic rings. The van der Waals surface area contributed by atoms with E-state index in [2.05, 4.69) is 15.0 Å². The number of amides is 1. The van der Waals surface area contributed by atoms with Gasteiger partial charge in [-0.2, -0.15) is 0 Å². The molecule has 2 heterocycles. The van der Waals surface area contributed by atoms with Crippen LogP contribution in [0, 0.1) is 0 Å². The van der Waals surface area contributed by atoms with E-state index in [1.807, 2.05) is 30.3 Å². The zero-order valence-corrected chi connectivity index (χ0v) is 10.7. The number of imidazole rings is 1. The standard InChI is InChI=1S/C14H13N5O/c15-12(20)8-19-9-17-11-7-16-13(18-14(11)19)6-10-4-2-1-3-5-10/h1-5,7,9H,6,8H2,(H2,15,20). The Kier molecular flexibility index (Phi) is 3.12. The molecule has 0 atom stereocenters. The van der Waals surface area contributed by atoms with E-state index < -0.39 is 5.91 Å². The van der Waals surface area contributed by atoms with E-state index in [1.54, 1.807) is 17.1 Å². The van der Waals surface area contributed by atoms with Gasteiger partial charge in [-0.15, -0.1) is 0 Å². The molecule has 1 amide bonds. The first-order valence-electron chi connectivity index (χ1n) is 6.21. The average Bonchev–Trinajstić information content (AvgIpc) is 2.82. The van der Waals surface area contributed by atoms with Crippen molar-refractivity contribution in [2.45, 2.75) is 13.0 Å². The zero-order valence-electron chi connectivity index (χ0n) is 10.7. The van der Waals surface area contributed by atoms with Gasteiger partial charge in [0.05, 0.1) is 12.5 Å². The number of nitrogens with zero attached hydrogens (tertiary/aromatic N) is 4. The normalized spacial score (nSPS) is 10.8. The minimum absolute atomic E-state index is 0.0677. The summed E-state index contributed by atoms with van der Waals surface area (Å²) in [6.45, 7) is 0.0677. The molecule has 0 bridgehead atoms. The third-order valence-electron chi connectivity index (χ3n) is 2.94. The van der Waals surface area contributed by atoms with Gasteiger partial charge in [0, 0.05) is 6.42 Å². The quantitative estimate of drug-likeness (QED) is 0.761. The Labute approximate surface area is 115 Å². The van der Waals surface area contributed by atoms with Crippen molar-refractivity contribution in [3.8, 4) is 0 Å². The van der Waals surface area contributed by atoms with Crippen molar-refractivity contribution in [1.82, 2.24) is 19.5 Å². The predicted molar refractivity (Wildman–Crippen MR) is 73.8 cm³/mol. The molecule has 0 spiro atoms. The van der Waals surface area contributed by atoms with Crippen LogP contribution in [0.15, 0.2) is 42.9 Å². The fraction of sp³-hybridized carbons (Fsp3) is 0.143. The van der Waals surface area contributed by atoms with Crippen molar-refractivity contribution >= 4 is 17.1 Å². The maximum Gasteiger partial charge on any atom is 0.237 e. The van der Waals surface area contributed by atoms with Crippen molar-refractivity contribution in [1.29, 1.82) is 0 Å². The van der Waals surface area contributed by atoms with E-state index in [-0.39, 0.29) is 6.54 Å². The second-order valence-corrected chi connectivity index (χ2v) is 4.50. The monoisotopic (exact) mass is 267 g/mol. The molecule has 100 valence electrons. The Morgan fingerprint density at radius 1 is 1.20 bits per heavy atom. The van der Waals surface area contributed by atoms with Crippen LogP contribution in [0.2, 0.25) is 0 Å². The smallest absolute Gasteiger partial charge is 0.237 e. The highest BCUT2D eigenvalue weighted by atomic mass is 16.1. The summed E-state index contributed by atoms with van der Waals surface area (Å²) in [7, 11) is 0. The molecule has 2 aromatic heterocycles. The SMILES string of the molecule is NC(=O)Cn1cnc2cnc(Cc3ccccc3)nc21. The molecular formula is C14H13N5O.